The van der Waals surface area contributed by atoms with E-state index in [9.17, 15) is 5.11 Å². The first-order chi connectivity index (χ1) is 19.6. The van der Waals surface area contributed by atoms with E-state index in [2.05, 4.69) is 52.7 Å². The molecule has 8 nitrogen and oxygen atoms in total. The van der Waals surface area contributed by atoms with Crippen LogP contribution in [0.25, 0.3) is 0 Å². The Kier molecular flexibility index (Phi) is 12.4. The standard InChI is InChI=1S/C32H48N2O6/c1-24(35)6-10-27-21-29(26-8-11-28(12-9-26)38-18-5-17-37-3)32(22-33-27)40-23-25-7-13-31-30(20-25)34(15-19-39-31)14-4-16-36-2/h7-9,11-13,20,24,27,29,32-33,35H,4-6,10,14-19,21-23H2,1-3H3/t24?,27-,29+,32-/m0/s1. The number of aliphatic hydroxyl groups excluding tert-OH is 1. The summed E-state index contributed by atoms with van der Waals surface area (Å²) >= 11 is 0. The van der Waals surface area contributed by atoms with Crippen LogP contribution < -0.4 is 19.7 Å². The van der Waals surface area contributed by atoms with Gasteiger partial charge in [-0.05, 0) is 68.0 Å². The Balaban J connectivity index is 1.42. The lowest BCUT2D eigenvalue weighted by molar-refractivity contribution is 0.00134. The number of hydrogen-bond acceptors (Lipinski definition) is 8. The molecule has 2 aliphatic heterocycles. The van der Waals surface area contributed by atoms with Crippen LogP contribution >= 0.6 is 0 Å². The zero-order chi connectivity index (χ0) is 28.2. The summed E-state index contributed by atoms with van der Waals surface area (Å²) in [6, 6.07) is 15.2. The first-order valence-electron chi connectivity index (χ1n) is 14.8. The van der Waals surface area contributed by atoms with Crippen molar-refractivity contribution in [2.75, 3.05) is 65.2 Å². The van der Waals surface area contributed by atoms with Gasteiger partial charge < -0.3 is 39.0 Å². The molecule has 0 saturated carbocycles. The highest BCUT2D eigenvalue weighted by molar-refractivity contribution is 5.61. The van der Waals surface area contributed by atoms with Crippen LogP contribution in [0.1, 0.15) is 56.1 Å². The Morgan fingerprint density at radius 2 is 1.85 bits per heavy atom. The van der Waals surface area contributed by atoms with E-state index >= 15 is 0 Å². The molecule has 2 aromatic rings. The van der Waals surface area contributed by atoms with E-state index in [-0.39, 0.29) is 18.1 Å². The molecule has 4 rings (SSSR count). The van der Waals surface area contributed by atoms with E-state index in [1.807, 2.05) is 6.92 Å². The van der Waals surface area contributed by atoms with Crippen LogP contribution in [0, 0.1) is 0 Å². The maximum atomic E-state index is 9.83. The summed E-state index contributed by atoms with van der Waals surface area (Å²) in [5.74, 6) is 2.08. The van der Waals surface area contributed by atoms with Crippen molar-refractivity contribution in [3.8, 4) is 11.5 Å². The van der Waals surface area contributed by atoms with Gasteiger partial charge in [-0.1, -0.05) is 18.2 Å². The number of rotatable bonds is 16. The van der Waals surface area contributed by atoms with Crippen molar-refractivity contribution in [1.82, 2.24) is 5.32 Å². The number of nitrogens with zero attached hydrogens (tertiary/aromatic N) is 1. The molecular weight excluding hydrogens is 508 g/mol. The Hall–Kier alpha value is -2.36. The number of hydrogen-bond donors (Lipinski definition) is 2. The summed E-state index contributed by atoms with van der Waals surface area (Å²) in [6.07, 6.45) is 4.32. The molecule has 1 fully saturated rings. The second-order valence-electron chi connectivity index (χ2n) is 11.0. The number of nitrogens with one attached hydrogen (secondary N) is 1. The zero-order valence-electron chi connectivity index (χ0n) is 24.5. The van der Waals surface area contributed by atoms with Crippen molar-refractivity contribution >= 4 is 5.69 Å². The highest BCUT2D eigenvalue weighted by atomic mass is 16.5. The van der Waals surface area contributed by atoms with Crippen molar-refractivity contribution in [1.29, 1.82) is 0 Å². The number of ether oxygens (including phenoxy) is 5. The predicted octanol–water partition coefficient (Wildman–Crippen LogP) is 4.53. The fraction of sp³-hybridized carbons (Fsp3) is 0.625. The second kappa shape index (κ2) is 16.2. The summed E-state index contributed by atoms with van der Waals surface area (Å²) in [5, 5.41) is 13.5. The minimum atomic E-state index is -0.286. The smallest absolute Gasteiger partial charge is 0.142 e. The quantitative estimate of drug-likeness (QED) is 0.292. The van der Waals surface area contributed by atoms with Gasteiger partial charge >= 0.3 is 0 Å². The predicted molar refractivity (Wildman–Crippen MR) is 158 cm³/mol. The average Bonchev–Trinajstić information content (AvgIpc) is 2.98. The summed E-state index contributed by atoms with van der Waals surface area (Å²) in [5.41, 5.74) is 3.55. The Labute approximate surface area is 239 Å². The SMILES string of the molecule is COCCCOc1ccc([C@H]2C[C@H](CCC(C)O)NC[C@@H]2OCc2ccc3c(c2)N(CCCOC)CCO3)cc1. The number of fused-ring (bicyclic) bond motifs is 1. The lowest BCUT2D eigenvalue weighted by atomic mass is 9.82. The molecule has 0 radical (unpaired) electrons. The molecule has 1 saturated heterocycles. The molecule has 2 aliphatic rings. The Bertz CT molecular complexity index is 1000. The highest BCUT2D eigenvalue weighted by Gasteiger charge is 2.32. The number of piperidine rings is 1. The first-order valence-corrected chi connectivity index (χ1v) is 14.8. The molecule has 2 aromatic carbocycles. The molecule has 222 valence electrons. The van der Waals surface area contributed by atoms with Gasteiger partial charge in [0.1, 0.15) is 18.1 Å². The number of methoxy groups -OCH3 is 2. The topological polar surface area (TPSA) is 81.7 Å². The minimum absolute atomic E-state index is 0.0429. The molecule has 4 atom stereocenters. The number of benzene rings is 2. The molecule has 0 bridgehead atoms. The lowest BCUT2D eigenvalue weighted by Crippen LogP contribution is -2.47. The van der Waals surface area contributed by atoms with Crippen LogP contribution in [-0.4, -0.2) is 83.6 Å². The van der Waals surface area contributed by atoms with E-state index in [1.165, 1.54) is 5.56 Å². The molecule has 2 heterocycles. The first kappa shape index (κ1) is 30.6. The Morgan fingerprint density at radius 3 is 2.62 bits per heavy atom. The van der Waals surface area contributed by atoms with Gasteiger partial charge in [0.2, 0.25) is 0 Å². The van der Waals surface area contributed by atoms with Crippen molar-refractivity contribution in [3.63, 3.8) is 0 Å². The monoisotopic (exact) mass is 556 g/mol. The second-order valence-corrected chi connectivity index (χ2v) is 11.0. The summed E-state index contributed by atoms with van der Waals surface area (Å²) in [4.78, 5) is 2.39. The van der Waals surface area contributed by atoms with Crippen LogP contribution in [0.5, 0.6) is 11.5 Å². The maximum absolute atomic E-state index is 9.83. The third kappa shape index (κ3) is 9.08. The fourth-order valence-electron chi connectivity index (χ4n) is 5.60. The van der Waals surface area contributed by atoms with Crippen LogP contribution in [-0.2, 0) is 20.8 Å². The van der Waals surface area contributed by atoms with E-state index in [0.717, 1.165) is 81.1 Å². The molecule has 0 aromatic heterocycles. The number of anilines is 1. The lowest BCUT2D eigenvalue weighted by Gasteiger charge is -2.38. The molecule has 8 heteroatoms. The van der Waals surface area contributed by atoms with Gasteiger partial charge in [-0.2, -0.15) is 0 Å². The third-order valence-corrected chi connectivity index (χ3v) is 7.82. The van der Waals surface area contributed by atoms with Crippen LogP contribution in [0.15, 0.2) is 42.5 Å². The van der Waals surface area contributed by atoms with E-state index in [0.29, 0.717) is 32.5 Å². The summed E-state index contributed by atoms with van der Waals surface area (Å²) < 4.78 is 28.8. The van der Waals surface area contributed by atoms with Crippen LogP contribution in [0.3, 0.4) is 0 Å². The molecule has 0 aliphatic carbocycles. The van der Waals surface area contributed by atoms with Crippen LogP contribution in [0.2, 0.25) is 0 Å². The van der Waals surface area contributed by atoms with E-state index < -0.39 is 0 Å². The van der Waals surface area contributed by atoms with E-state index in [4.69, 9.17) is 23.7 Å². The molecule has 0 spiro atoms. The van der Waals surface area contributed by atoms with Gasteiger partial charge in [0.05, 0.1) is 37.7 Å². The minimum Gasteiger partial charge on any atom is -0.494 e. The van der Waals surface area contributed by atoms with Crippen molar-refractivity contribution < 1.29 is 28.8 Å². The van der Waals surface area contributed by atoms with Crippen molar-refractivity contribution in [2.45, 2.75) is 69.8 Å². The van der Waals surface area contributed by atoms with Gasteiger partial charge in [0.25, 0.3) is 0 Å². The van der Waals surface area contributed by atoms with Gasteiger partial charge in [-0.3, -0.25) is 0 Å². The third-order valence-electron chi connectivity index (χ3n) is 7.82. The van der Waals surface area contributed by atoms with Crippen molar-refractivity contribution in [2.24, 2.45) is 0 Å². The molecule has 0 amide bonds. The molecular formula is C32H48N2O6. The summed E-state index contributed by atoms with van der Waals surface area (Å²) in [7, 11) is 3.46. The largest absolute Gasteiger partial charge is 0.494 e. The van der Waals surface area contributed by atoms with Crippen molar-refractivity contribution in [3.05, 3.63) is 53.6 Å². The van der Waals surface area contributed by atoms with Gasteiger partial charge in [0.15, 0.2) is 0 Å². The van der Waals surface area contributed by atoms with E-state index in [1.54, 1.807) is 14.2 Å². The average molecular weight is 557 g/mol. The van der Waals surface area contributed by atoms with Crippen LogP contribution in [0.4, 0.5) is 5.69 Å². The molecule has 2 N–H and O–H groups in total. The zero-order valence-corrected chi connectivity index (χ0v) is 24.5. The Morgan fingerprint density at radius 1 is 1.05 bits per heavy atom. The fourth-order valence-corrected chi connectivity index (χ4v) is 5.60. The molecule has 1 unspecified atom stereocenters. The van der Waals surface area contributed by atoms with Gasteiger partial charge in [-0.25, -0.2) is 0 Å². The van der Waals surface area contributed by atoms with Gasteiger partial charge in [0, 0.05) is 58.9 Å². The number of aliphatic hydroxyl groups is 1. The van der Waals surface area contributed by atoms with Gasteiger partial charge in [-0.15, -0.1) is 0 Å². The molecule has 40 heavy (non-hydrogen) atoms. The normalized spacial score (nSPS) is 21.5. The highest BCUT2D eigenvalue weighted by Crippen LogP contribution is 2.35. The maximum Gasteiger partial charge on any atom is 0.142 e. The summed E-state index contributed by atoms with van der Waals surface area (Å²) in [6.45, 7) is 7.82.